The van der Waals surface area contributed by atoms with Gasteiger partial charge >= 0.3 is 0 Å². The molecule has 0 aliphatic heterocycles. The van der Waals surface area contributed by atoms with Crippen LogP contribution < -0.4 is 10.6 Å². The first kappa shape index (κ1) is 15.0. The topological polar surface area (TPSA) is 75.3 Å². The fourth-order valence-electron chi connectivity index (χ4n) is 1.59. The van der Waals surface area contributed by atoms with E-state index in [2.05, 4.69) is 10.6 Å². The van der Waals surface area contributed by atoms with Crippen LogP contribution in [0.1, 0.15) is 35.4 Å². The Morgan fingerprint density at radius 3 is 2.55 bits per heavy atom. The minimum atomic E-state index is -0.299. The Balaban J connectivity index is 1.64. The maximum Gasteiger partial charge on any atom is 0.239 e. The summed E-state index contributed by atoms with van der Waals surface area (Å²) in [5.74, 6) is -0.594. The van der Waals surface area contributed by atoms with Crippen LogP contribution in [0.25, 0.3) is 0 Å². The molecule has 1 saturated carbocycles. The van der Waals surface area contributed by atoms with Crippen LogP contribution in [0.4, 0.5) is 0 Å². The van der Waals surface area contributed by atoms with Gasteiger partial charge in [0.25, 0.3) is 0 Å². The lowest BCUT2D eigenvalue weighted by Crippen LogP contribution is -2.37. The van der Waals surface area contributed by atoms with E-state index < -0.39 is 0 Å². The maximum absolute atomic E-state index is 11.7. The fraction of sp³-hybridized carbons (Fsp3) is 0.462. The van der Waals surface area contributed by atoms with Crippen molar-refractivity contribution in [1.29, 1.82) is 0 Å². The molecule has 1 heterocycles. The van der Waals surface area contributed by atoms with Crippen molar-refractivity contribution in [1.82, 2.24) is 10.6 Å². The van der Waals surface area contributed by atoms with Gasteiger partial charge in [-0.25, -0.2) is 0 Å². The normalized spacial score (nSPS) is 13.8. The molecule has 0 spiro atoms. The van der Waals surface area contributed by atoms with E-state index >= 15 is 0 Å². The lowest BCUT2D eigenvalue weighted by atomic mass is 10.2. The maximum atomic E-state index is 11.7. The van der Waals surface area contributed by atoms with Crippen LogP contribution in [0.2, 0.25) is 4.34 Å². The Bertz CT molecular complexity index is 525. The first-order chi connectivity index (χ1) is 9.54. The molecular weight excluding hydrogens is 300 g/mol. The molecule has 0 atom stereocenters. The van der Waals surface area contributed by atoms with Crippen LogP contribution >= 0.6 is 22.9 Å². The zero-order valence-electron chi connectivity index (χ0n) is 10.8. The summed E-state index contributed by atoms with van der Waals surface area (Å²) in [5, 5.41) is 5.27. The summed E-state index contributed by atoms with van der Waals surface area (Å²) in [6.45, 7) is -0.0334. The van der Waals surface area contributed by atoms with Crippen molar-refractivity contribution in [3.63, 3.8) is 0 Å². The third kappa shape index (κ3) is 4.94. The Morgan fingerprint density at radius 1 is 1.20 bits per heavy atom. The van der Waals surface area contributed by atoms with E-state index in [0.29, 0.717) is 9.21 Å². The van der Waals surface area contributed by atoms with Crippen molar-refractivity contribution < 1.29 is 14.4 Å². The lowest BCUT2D eigenvalue weighted by Gasteiger charge is -2.05. The number of Topliss-reactive ketones (excluding diaryl/α,β-unsaturated/α-hetero) is 1. The van der Waals surface area contributed by atoms with E-state index in [-0.39, 0.29) is 43.0 Å². The van der Waals surface area contributed by atoms with Crippen LogP contribution in [-0.4, -0.2) is 30.2 Å². The first-order valence-corrected chi connectivity index (χ1v) is 7.58. The molecular formula is C13H15ClN2O3S. The van der Waals surface area contributed by atoms with Gasteiger partial charge in [-0.15, -0.1) is 11.3 Å². The van der Waals surface area contributed by atoms with Crippen molar-refractivity contribution >= 4 is 40.5 Å². The van der Waals surface area contributed by atoms with E-state index in [1.54, 1.807) is 12.1 Å². The molecule has 2 N–H and O–H groups in total. The van der Waals surface area contributed by atoms with E-state index in [1.807, 2.05) is 0 Å². The van der Waals surface area contributed by atoms with Gasteiger partial charge in [0, 0.05) is 18.9 Å². The zero-order chi connectivity index (χ0) is 14.5. The molecule has 5 nitrogen and oxygen atoms in total. The number of ketones is 1. The highest BCUT2D eigenvalue weighted by atomic mass is 35.5. The summed E-state index contributed by atoms with van der Waals surface area (Å²) in [6, 6.07) is 3.59. The van der Waals surface area contributed by atoms with Gasteiger partial charge in [0.05, 0.1) is 15.8 Å². The molecule has 20 heavy (non-hydrogen) atoms. The number of carbonyl (C=O) groups is 3. The Hall–Kier alpha value is -1.40. The molecule has 0 saturated heterocycles. The molecule has 0 aromatic carbocycles. The van der Waals surface area contributed by atoms with Crippen LogP contribution in [0.3, 0.4) is 0 Å². The Kier molecular flexibility index (Phi) is 5.14. The smallest absolute Gasteiger partial charge is 0.239 e. The summed E-state index contributed by atoms with van der Waals surface area (Å²) in [5.41, 5.74) is 0. The first-order valence-electron chi connectivity index (χ1n) is 6.39. The highest BCUT2D eigenvalue weighted by molar-refractivity contribution is 7.18. The number of rotatable bonds is 7. The zero-order valence-corrected chi connectivity index (χ0v) is 12.4. The van der Waals surface area contributed by atoms with Crippen molar-refractivity contribution in [2.24, 2.45) is 0 Å². The predicted molar refractivity (Wildman–Crippen MR) is 77.1 cm³/mol. The summed E-state index contributed by atoms with van der Waals surface area (Å²) in [6.07, 6.45) is 2.22. The van der Waals surface area contributed by atoms with Gasteiger partial charge in [-0.3, -0.25) is 14.4 Å². The minimum Gasteiger partial charge on any atom is -0.352 e. The van der Waals surface area contributed by atoms with E-state index in [4.69, 9.17) is 11.6 Å². The van der Waals surface area contributed by atoms with Gasteiger partial charge in [-0.05, 0) is 25.0 Å². The van der Waals surface area contributed by atoms with Crippen molar-refractivity contribution in [3.05, 3.63) is 21.3 Å². The lowest BCUT2D eigenvalue weighted by molar-refractivity contribution is -0.126. The van der Waals surface area contributed by atoms with Crippen molar-refractivity contribution in [3.8, 4) is 0 Å². The molecule has 1 aromatic heterocycles. The largest absolute Gasteiger partial charge is 0.352 e. The molecule has 1 aromatic rings. The van der Waals surface area contributed by atoms with Crippen molar-refractivity contribution in [2.45, 2.75) is 31.7 Å². The van der Waals surface area contributed by atoms with Gasteiger partial charge in [0.1, 0.15) is 0 Å². The molecule has 108 valence electrons. The van der Waals surface area contributed by atoms with Crippen LogP contribution in [0, 0.1) is 0 Å². The highest BCUT2D eigenvalue weighted by Crippen LogP contribution is 2.22. The van der Waals surface area contributed by atoms with Crippen LogP contribution in [0.5, 0.6) is 0 Å². The molecule has 1 aliphatic rings. The van der Waals surface area contributed by atoms with Crippen molar-refractivity contribution in [2.75, 3.05) is 6.54 Å². The number of nitrogens with one attached hydrogen (secondary N) is 2. The molecule has 0 unspecified atom stereocenters. The summed E-state index contributed by atoms with van der Waals surface area (Å²) < 4.78 is 0.551. The van der Waals surface area contributed by atoms with Gasteiger partial charge < -0.3 is 10.6 Å². The second-order valence-electron chi connectivity index (χ2n) is 4.65. The molecule has 7 heteroatoms. The molecule has 2 amide bonds. The summed E-state index contributed by atoms with van der Waals surface area (Å²) >= 11 is 6.94. The fourth-order valence-corrected chi connectivity index (χ4v) is 2.60. The predicted octanol–water partition coefficient (Wildman–Crippen LogP) is 1.76. The number of hydrogen-bond acceptors (Lipinski definition) is 4. The van der Waals surface area contributed by atoms with Gasteiger partial charge in [-0.1, -0.05) is 11.6 Å². The van der Waals surface area contributed by atoms with Crippen LogP contribution in [-0.2, 0) is 9.59 Å². The number of halogens is 1. The average Bonchev–Trinajstić information content (AvgIpc) is 3.12. The highest BCUT2D eigenvalue weighted by Gasteiger charge is 2.23. The van der Waals surface area contributed by atoms with Crippen LogP contribution in [0.15, 0.2) is 12.1 Å². The monoisotopic (exact) mass is 314 g/mol. The second-order valence-corrected chi connectivity index (χ2v) is 6.36. The average molecular weight is 315 g/mol. The number of hydrogen-bond donors (Lipinski definition) is 2. The molecule has 2 rings (SSSR count). The number of thiophene rings is 1. The molecule has 1 aliphatic carbocycles. The van der Waals surface area contributed by atoms with Gasteiger partial charge in [-0.2, -0.15) is 0 Å². The third-order valence-electron chi connectivity index (χ3n) is 2.82. The standard InChI is InChI=1S/C13H15ClN2O3S/c14-11-5-4-10(20-11)9(17)3-6-12(18)15-7-13(19)16-8-1-2-8/h4-5,8H,1-3,6-7H2,(H,15,18)(H,16,19). The SMILES string of the molecule is O=C(CCC(=O)c1ccc(Cl)s1)NCC(=O)NC1CC1. The summed E-state index contributed by atoms with van der Waals surface area (Å²) in [4.78, 5) is 35.2. The molecule has 0 bridgehead atoms. The molecule has 0 radical (unpaired) electrons. The Labute approximate surface area is 125 Å². The van der Waals surface area contributed by atoms with E-state index in [1.165, 1.54) is 11.3 Å². The second kappa shape index (κ2) is 6.85. The summed E-state index contributed by atoms with van der Waals surface area (Å²) in [7, 11) is 0. The number of carbonyl (C=O) groups excluding carboxylic acids is 3. The van der Waals surface area contributed by atoms with E-state index in [0.717, 1.165) is 12.8 Å². The third-order valence-corrected chi connectivity index (χ3v) is 4.09. The van der Waals surface area contributed by atoms with E-state index in [9.17, 15) is 14.4 Å². The quantitative estimate of drug-likeness (QED) is 0.753. The van der Waals surface area contributed by atoms with Gasteiger partial charge in [0.15, 0.2) is 5.78 Å². The molecule has 1 fully saturated rings. The number of amides is 2. The van der Waals surface area contributed by atoms with Gasteiger partial charge in [0.2, 0.25) is 11.8 Å². The minimum absolute atomic E-state index is 0.0334. The Morgan fingerprint density at radius 2 is 1.95 bits per heavy atom.